The minimum atomic E-state index is -4.12. The van der Waals surface area contributed by atoms with E-state index in [9.17, 15) is 23.3 Å². The molecule has 4 rings (SSSR count). The molecule has 1 saturated heterocycles. The second-order valence-corrected chi connectivity index (χ2v) is 15.4. The van der Waals surface area contributed by atoms with Gasteiger partial charge in [-0.3, -0.25) is 14.8 Å². The highest BCUT2D eigenvalue weighted by Crippen LogP contribution is 2.31. The van der Waals surface area contributed by atoms with Gasteiger partial charge in [0.1, 0.15) is 11.3 Å². The molecule has 14 heteroatoms. The van der Waals surface area contributed by atoms with E-state index in [0.717, 1.165) is 29.6 Å². The number of carbonyl (C=O) groups is 1. The number of nitrogens with zero attached hydrogens (tertiary/aromatic N) is 4. The topological polar surface area (TPSA) is 137 Å². The Morgan fingerprint density at radius 1 is 1.02 bits per heavy atom. The average Bonchev–Trinajstić information content (AvgIpc) is 3.02. The van der Waals surface area contributed by atoms with Crippen LogP contribution in [0, 0.1) is 10.1 Å². The van der Waals surface area contributed by atoms with Crippen molar-refractivity contribution in [1.82, 2.24) is 9.80 Å². The van der Waals surface area contributed by atoms with E-state index in [1.165, 1.54) is 12.1 Å². The van der Waals surface area contributed by atoms with Gasteiger partial charge in [0.2, 0.25) is 0 Å². The number of benzene rings is 3. The van der Waals surface area contributed by atoms with Gasteiger partial charge in [-0.2, -0.15) is 0 Å². The second kappa shape index (κ2) is 15.7. The Bertz CT molecular complexity index is 1610. The van der Waals surface area contributed by atoms with Crippen molar-refractivity contribution >= 4 is 50.6 Å². The van der Waals surface area contributed by atoms with Gasteiger partial charge in [0.15, 0.2) is 0 Å². The smallest absolute Gasteiger partial charge is 0.410 e. The molecule has 0 aromatic heterocycles. The quantitative estimate of drug-likeness (QED) is 0.126. The van der Waals surface area contributed by atoms with Crippen LogP contribution in [0.25, 0.3) is 0 Å². The third-order valence-electron chi connectivity index (χ3n) is 7.37. The molecule has 1 aliphatic rings. The number of ether oxygens (including phenoxy) is 1. The van der Waals surface area contributed by atoms with Crippen LogP contribution in [-0.4, -0.2) is 93.4 Å². The first kappa shape index (κ1) is 35.8. The Morgan fingerprint density at radius 2 is 1.68 bits per heavy atom. The first-order valence-electron chi connectivity index (χ1n) is 15.4. The van der Waals surface area contributed by atoms with E-state index in [0.29, 0.717) is 37.6 Å². The highest BCUT2D eigenvalue weighted by molar-refractivity contribution is 7.99. The normalized spacial score (nSPS) is 14.5. The summed E-state index contributed by atoms with van der Waals surface area (Å²) in [6, 6.07) is 20.7. The Balaban J connectivity index is 1.41. The number of hydrogen-bond donors (Lipinski definition) is 2. The molecule has 2 N–H and O–H groups in total. The number of hydrogen-bond acceptors (Lipinski definition) is 10. The summed E-state index contributed by atoms with van der Waals surface area (Å²) in [4.78, 5) is 30.6. The molecule has 3 aromatic rings. The standard InChI is InChI=1S/C33H44N6O6S2/c1-33(2,3)45-32(40)38-21-19-37(20-22-38)27-13-11-25(12-14-27)35-47(43,44)29-15-16-30(31(23-29)39(41)42)34-26(17-18-36(4)5)24-46-28-9-7-6-8-10-28/h6-16,23,26,34-35H,17-22,24H2,1-5H3/t26-/m1/s1. The first-order chi connectivity index (χ1) is 22.2. The van der Waals surface area contributed by atoms with E-state index in [2.05, 4.69) is 19.8 Å². The molecule has 0 saturated carbocycles. The minimum Gasteiger partial charge on any atom is -0.444 e. The Labute approximate surface area is 281 Å². The van der Waals surface area contributed by atoms with Crippen LogP contribution in [0.2, 0.25) is 0 Å². The van der Waals surface area contributed by atoms with Crippen LogP contribution in [0.15, 0.2) is 82.6 Å². The average molecular weight is 685 g/mol. The fourth-order valence-electron chi connectivity index (χ4n) is 4.92. The van der Waals surface area contributed by atoms with E-state index in [-0.39, 0.29) is 28.4 Å². The third-order valence-corrected chi connectivity index (χ3v) is 9.92. The Hall–Kier alpha value is -4.01. The van der Waals surface area contributed by atoms with Gasteiger partial charge in [-0.1, -0.05) is 18.2 Å². The van der Waals surface area contributed by atoms with Crippen LogP contribution < -0.4 is 14.9 Å². The molecule has 1 amide bonds. The van der Waals surface area contributed by atoms with Gasteiger partial charge in [-0.05, 0) is 96.4 Å². The number of nitro benzene ring substituents is 1. The molecule has 0 radical (unpaired) electrons. The van der Waals surface area contributed by atoms with Crippen molar-refractivity contribution < 1.29 is 22.9 Å². The molecule has 3 aromatic carbocycles. The lowest BCUT2D eigenvalue weighted by Crippen LogP contribution is -2.50. The summed E-state index contributed by atoms with van der Waals surface area (Å²) in [6.45, 7) is 8.51. The van der Waals surface area contributed by atoms with Crippen LogP contribution >= 0.6 is 11.8 Å². The van der Waals surface area contributed by atoms with Crippen LogP contribution in [-0.2, 0) is 14.8 Å². The summed E-state index contributed by atoms with van der Waals surface area (Å²) in [7, 11) is -0.174. The largest absolute Gasteiger partial charge is 0.444 e. The third kappa shape index (κ3) is 10.8. The lowest BCUT2D eigenvalue weighted by atomic mass is 10.2. The van der Waals surface area contributed by atoms with Gasteiger partial charge in [0.25, 0.3) is 15.7 Å². The maximum atomic E-state index is 13.3. The number of nitro groups is 1. The summed E-state index contributed by atoms with van der Waals surface area (Å²) >= 11 is 1.65. The summed E-state index contributed by atoms with van der Waals surface area (Å²) in [5.41, 5.74) is 0.610. The van der Waals surface area contributed by atoms with Gasteiger partial charge < -0.3 is 24.8 Å². The summed E-state index contributed by atoms with van der Waals surface area (Å²) in [5.74, 6) is 0.673. The Morgan fingerprint density at radius 3 is 2.28 bits per heavy atom. The molecule has 47 heavy (non-hydrogen) atoms. The molecule has 0 unspecified atom stereocenters. The van der Waals surface area contributed by atoms with E-state index < -0.39 is 20.5 Å². The molecule has 1 fully saturated rings. The van der Waals surface area contributed by atoms with Gasteiger partial charge in [0.05, 0.1) is 9.82 Å². The van der Waals surface area contributed by atoms with Crippen LogP contribution in [0.5, 0.6) is 0 Å². The van der Waals surface area contributed by atoms with Crippen molar-refractivity contribution in [3.05, 3.63) is 82.9 Å². The number of anilines is 3. The van der Waals surface area contributed by atoms with Crippen molar-refractivity contribution in [3.8, 4) is 0 Å². The number of piperazine rings is 1. The maximum absolute atomic E-state index is 13.3. The van der Waals surface area contributed by atoms with Crippen molar-refractivity contribution in [2.45, 2.75) is 48.6 Å². The van der Waals surface area contributed by atoms with Crippen LogP contribution in [0.4, 0.5) is 27.5 Å². The summed E-state index contributed by atoms with van der Waals surface area (Å²) < 4.78 is 34.6. The molecule has 254 valence electrons. The zero-order valence-electron chi connectivity index (χ0n) is 27.5. The van der Waals surface area contributed by atoms with Gasteiger partial charge in [-0.25, -0.2) is 13.2 Å². The molecule has 12 nitrogen and oxygen atoms in total. The number of sulfonamides is 1. The molecule has 0 bridgehead atoms. The zero-order chi connectivity index (χ0) is 34.2. The Kier molecular flexibility index (Phi) is 12.0. The highest BCUT2D eigenvalue weighted by atomic mass is 32.2. The fraction of sp³-hybridized carbons (Fsp3) is 0.424. The molecular weight excluding hydrogens is 641 g/mol. The van der Waals surface area contributed by atoms with Crippen molar-refractivity contribution in [2.24, 2.45) is 0 Å². The van der Waals surface area contributed by atoms with Crippen LogP contribution in [0.1, 0.15) is 27.2 Å². The van der Waals surface area contributed by atoms with E-state index in [1.807, 2.05) is 65.2 Å². The summed E-state index contributed by atoms with van der Waals surface area (Å²) in [5, 5.41) is 15.4. The zero-order valence-corrected chi connectivity index (χ0v) is 29.1. The number of rotatable bonds is 13. The fourth-order valence-corrected chi connectivity index (χ4v) is 7.00. The first-order valence-corrected chi connectivity index (χ1v) is 17.9. The minimum absolute atomic E-state index is 0.0966. The predicted octanol–water partition coefficient (Wildman–Crippen LogP) is 5.98. The summed E-state index contributed by atoms with van der Waals surface area (Å²) in [6.07, 6.45) is 0.401. The lowest BCUT2D eigenvalue weighted by Gasteiger charge is -2.36. The molecule has 1 heterocycles. The van der Waals surface area contributed by atoms with E-state index in [1.54, 1.807) is 40.9 Å². The van der Waals surface area contributed by atoms with E-state index in [4.69, 9.17) is 4.74 Å². The monoisotopic (exact) mass is 684 g/mol. The van der Waals surface area contributed by atoms with Gasteiger partial charge in [-0.15, -0.1) is 11.8 Å². The molecule has 1 atom stereocenters. The molecule has 1 aliphatic heterocycles. The maximum Gasteiger partial charge on any atom is 0.410 e. The molecule has 0 spiro atoms. The highest BCUT2D eigenvalue weighted by Gasteiger charge is 2.27. The van der Waals surface area contributed by atoms with E-state index >= 15 is 0 Å². The number of amides is 1. The molecule has 0 aliphatic carbocycles. The number of carbonyl (C=O) groups excluding carboxylic acids is 1. The number of nitrogens with one attached hydrogen (secondary N) is 2. The van der Waals surface area contributed by atoms with Crippen molar-refractivity contribution in [1.29, 1.82) is 0 Å². The van der Waals surface area contributed by atoms with Crippen molar-refractivity contribution in [2.75, 3.05) is 67.5 Å². The second-order valence-electron chi connectivity index (χ2n) is 12.6. The predicted molar refractivity (Wildman–Crippen MR) is 188 cm³/mol. The van der Waals surface area contributed by atoms with Crippen molar-refractivity contribution in [3.63, 3.8) is 0 Å². The van der Waals surface area contributed by atoms with Crippen LogP contribution in [0.3, 0.4) is 0 Å². The SMILES string of the molecule is CN(C)CC[C@H](CSc1ccccc1)Nc1ccc(S(=O)(=O)Nc2ccc(N3CCN(C(=O)OC(C)(C)C)CC3)cc2)cc1[N+](=O)[O-]. The van der Waals surface area contributed by atoms with Gasteiger partial charge in [0, 0.05) is 60.3 Å². The lowest BCUT2D eigenvalue weighted by molar-refractivity contribution is -0.384. The van der Waals surface area contributed by atoms with Gasteiger partial charge >= 0.3 is 6.09 Å². The molecular formula is C33H44N6O6S2. The number of thioether (sulfide) groups is 1.